The molecule has 4 heteroatoms. The third-order valence-electron chi connectivity index (χ3n) is 4.61. The molecule has 0 radical (unpaired) electrons. The van der Waals surface area contributed by atoms with Crippen molar-refractivity contribution in [3.63, 3.8) is 0 Å². The average Bonchev–Trinajstić information content (AvgIpc) is 2.70. The summed E-state index contributed by atoms with van der Waals surface area (Å²) in [5.74, 6) is -1.89. The Morgan fingerprint density at radius 2 is 2.14 bits per heavy atom. The fraction of sp³-hybridized carbons (Fsp3) is 0.444. The molecule has 1 aromatic rings. The Hall–Kier alpha value is -1.94. The van der Waals surface area contributed by atoms with Crippen LogP contribution in [0.5, 0.6) is 0 Å². The molecule has 4 nitrogen and oxygen atoms in total. The number of ether oxygens (including phenoxy) is 1. The van der Waals surface area contributed by atoms with Gasteiger partial charge in [-0.2, -0.15) is 0 Å². The Morgan fingerprint density at radius 3 is 2.86 bits per heavy atom. The standard InChI is InChI=1S/C18H20O4/c19-15(7-6-13-4-2-1-3-5-13)8-9-16-14-10-11-18(16,21)22-17(20)12-14/h1-5,8-9,14,16,21H,6-7,10-12H2/b9-8+/t14-,16-,18-/m1/s1. The molecule has 0 amide bonds. The normalized spacial score (nSPS) is 30.5. The van der Waals surface area contributed by atoms with Crippen LogP contribution in [0.25, 0.3) is 0 Å². The van der Waals surface area contributed by atoms with E-state index in [0.717, 1.165) is 12.0 Å². The molecule has 3 rings (SSSR count). The highest BCUT2D eigenvalue weighted by atomic mass is 16.7. The van der Waals surface area contributed by atoms with Crippen molar-refractivity contribution in [1.29, 1.82) is 0 Å². The van der Waals surface area contributed by atoms with E-state index in [-0.39, 0.29) is 23.6 Å². The highest BCUT2D eigenvalue weighted by molar-refractivity contribution is 5.89. The summed E-state index contributed by atoms with van der Waals surface area (Å²) < 4.78 is 5.09. The van der Waals surface area contributed by atoms with E-state index in [2.05, 4.69) is 0 Å². The number of aliphatic hydroxyl groups is 1. The van der Waals surface area contributed by atoms with Crippen LogP contribution in [0.1, 0.15) is 31.2 Å². The van der Waals surface area contributed by atoms with Gasteiger partial charge in [-0.25, -0.2) is 0 Å². The summed E-state index contributed by atoms with van der Waals surface area (Å²) in [7, 11) is 0. The number of fused-ring (bicyclic) bond motifs is 2. The SMILES string of the molecule is O=C(/C=C/[C@@H]1[C@@H]2CC[C@@]1(O)OC(=O)C2)CCc1ccccc1. The zero-order chi connectivity index (χ0) is 15.6. The van der Waals surface area contributed by atoms with Gasteiger partial charge in [0, 0.05) is 25.2 Å². The first-order valence-electron chi connectivity index (χ1n) is 7.76. The van der Waals surface area contributed by atoms with Crippen LogP contribution in [0.15, 0.2) is 42.5 Å². The first kappa shape index (κ1) is 15.0. The Balaban J connectivity index is 1.57. The lowest BCUT2D eigenvalue weighted by molar-refractivity contribution is -0.230. The average molecular weight is 300 g/mol. The van der Waals surface area contributed by atoms with Crippen LogP contribution in [0.2, 0.25) is 0 Å². The lowest BCUT2D eigenvalue weighted by Gasteiger charge is -2.34. The van der Waals surface area contributed by atoms with Gasteiger partial charge in [0.15, 0.2) is 5.78 Å². The summed E-state index contributed by atoms with van der Waals surface area (Å²) in [6, 6.07) is 9.87. The molecule has 1 N–H and O–H groups in total. The number of ketones is 1. The number of esters is 1. The fourth-order valence-electron chi connectivity index (χ4n) is 3.42. The van der Waals surface area contributed by atoms with E-state index in [1.165, 1.54) is 6.08 Å². The molecular formula is C18H20O4. The number of hydrogen-bond donors (Lipinski definition) is 1. The second-order valence-corrected chi connectivity index (χ2v) is 6.16. The molecule has 0 aromatic heterocycles. The minimum Gasteiger partial charge on any atom is -0.433 e. The molecule has 22 heavy (non-hydrogen) atoms. The number of allylic oxidation sites excluding steroid dienone is 1. The van der Waals surface area contributed by atoms with Crippen molar-refractivity contribution in [2.24, 2.45) is 11.8 Å². The van der Waals surface area contributed by atoms with Crippen molar-refractivity contribution in [2.45, 2.75) is 37.9 Å². The van der Waals surface area contributed by atoms with Crippen LogP contribution in [-0.2, 0) is 20.7 Å². The number of benzene rings is 1. The van der Waals surface area contributed by atoms with Gasteiger partial charge in [0.05, 0.1) is 0 Å². The van der Waals surface area contributed by atoms with E-state index >= 15 is 0 Å². The molecule has 1 saturated carbocycles. The third kappa shape index (κ3) is 3.12. The van der Waals surface area contributed by atoms with Crippen LogP contribution in [0, 0.1) is 11.8 Å². The Labute approximate surface area is 129 Å². The second-order valence-electron chi connectivity index (χ2n) is 6.16. The largest absolute Gasteiger partial charge is 0.433 e. The summed E-state index contributed by atoms with van der Waals surface area (Å²) in [5, 5.41) is 10.4. The molecular weight excluding hydrogens is 280 g/mol. The van der Waals surface area contributed by atoms with E-state index in [1.807, 2.05) is 30.3 Å². The van der Waals surface area contributed by atoms with Crippen LogP contribution in [0.4, 0.5) is 0 Å². The maximum absolute atomic E-state index is 12.0. The summed E-state index contributed by atoms with van der Waals surface area (Å²) >= 11 is 0. The van der Waals surface area contributed by atoms with Gasteiger partial charge in [0.1, 0.15) is 0 Å². The molecule has 2 fully saturated rings. The molecule has 2 bridgehead atoms. The van der Waals surface area contributed by atoms with Crippen molar-refractivity contribution in [2.75, 3.05) is 0 Å². The summed E-state index contributed by atoms with van der Waals surface area (Å²) in [6.07, 6.45) is 5.96. The molecule has 0 unspecified atom stereocenters. The molecule has 2 aliphatic rings. The van der Waals surface area contributed by atoms with Crippen molar-refractivity contribution in [1.82, 2.24) is 0 Å². The van der Waals surface area contributed by atoms with Gasteiger partial charge in [-0.3, -0.25) is 9.59 Å². The lowest BCUT2D eigenvalue weighted by Crippen LogP contribution is -2.43. The molecule has 3 atom stereocenters. The number of rotatable bonds is 5. The van der Waals surface area contributed by atoms with E-state index in [9.17, 15) is 14.7 Å². The number of carbonyl (C=O) groups excluding carboxylic acids is 2. The highest BCUT2D eigenvalue weighted by Gasteiger charge is 2.53. The molecule has 1 aromatic carbocycles. The summed E-state index contributed by atoms with van der Waals surface area (Å²) in [6.45, 7) is 0. The van der Waals surface area contributed by atoms with Crippen molar-refractivity contribution in [3.8, 4) is 0 Å². The van der Waals surface area contributed by atoms with Crippen molar-refractivity contribution in [3.05, 3.63) is 48.0 Å². The van der Waals surface area contributed by atoms with E-state index in [1.54, 1.807) is 6.08 Å². The first-order valence-corrected chi connectivity index (χ1v) is 7.76. The Bertz CT molecular complexity index is 592. The molecule has 1 aliphatic heterocycles. The van der Waals surface area contributed by atoms with Gasteiger partial charge in [0.25, 0.3) is 0 Å². The van der Waals surface area contributed by atoms with E-state index < -0.39 is 5.79 Å². The number of hydrogen-bond acceptors (Lipinski definition) is 4. The predicted octanol–water partition coefficient (Wildman–Crippen LogP) is 2.41. The topological polar surface area (TPSA) is 63.6 Å². The molecule has 1 saturated heterocycles. The van der Waals surface area contributed by atoms with Crippen molar-refractivity contribution < 1.29 is 19.4 Å². The smallest absolute Gasteiger partial charge is 0.308 e. The number of aryl methyl sites for hydroxylation is 1. The minimum atomic E-state index is -1.41. The van der Waals surface area contributed by atoms with Gasteiger partial charge >= 0.3 is 5.97 Å². The van der Waals surface area contributed by atoms with E-state index in [4.69, 9.17) is 4.74 Å². The lowest BCUT2D eigenvalue weighted by atomic mass is 9.87. The highest BCUT2D eigenvalue weighted by Crippen LogP contribution is 2.47. The zero-order valence-electron chi connectivity index (χ0n) is 12.4. The summed E-state index contributed by atoms with van der Waals surface area (Å²) in [4.78, 5) is 23.4. The zero-order valence-corrected chi connectivity index (χ0v) is 12.4. The monoisotopic (exact) mass is 300 g/mol. The van der Waals surface area contributed by atoms with Crippen LogP contribution >= 0.6 is 0 Å². The van der Waals surface area contributed by atoms with Gasteiger partial charge < -0.3 is 9.84 Å². The maximum Gasteiger partial charge on any atom is 0.308 e. The quantitative estimate of drug-likeness (QED) is 0.670. The molecule has 1 heterocycles. The third-order valence-corrected chi connectivity index (χ3v) is 4.61. The van der Waals surface area contributed by atoms with Gasteiger partial charge in [0.2, 0.25) is 5.79 Å². The Kier molecular flexibility index (Phi) is 4.12. The Morgan fingerprint density at radius 1 is 1.36 bits per heavy atom. The first-order chi connectivity index (χ1) is 10.6. The molecule has 116 valence electrons. The van der Waals surface area contributed by atoms with Crippen LogP contribution in [0.3, 0.4) is 0 Å². The van der Waals surface area contributed by atoms with Crippen molar-refractivity contribution >= 4 is 11.8 Å². The fourth-order valence-corrected chi connectivity index (χ4v) is 3.42. The van der Waals surface area contributed by atoms with Gasteiger partial charge in [-0.1, -0.05) is 36.4 Å². The molecule has 1 aliphatic carbocycles. The predicted molar refractivity (Wildman–Crippen MR) is 80.8 cm³/mol. The minimum absolute atomic E-state index is 0.0313. The van der Waals surface area contributed by atoms with Gasteiger partial charge in [-0.15, -0.1) is 0 Å². The van der Waals surface area contributed by atoms with Crippen LogP contribution < -0.4 is 0 Å². The van der Waals surface area contributed by atoms with Gasteiger partial charge in [-0.05, 0) is 30.4 Å². The molecule has 0 spiro atoms. The van der Waals surface area contributed by atoms with E-state index in [0.29, 0.717) is 25.7 Å². The maximum atomic E-state index is 12.0. The second kappa shape index (κ2) is 6.05. The summed E-state index contributed by atoms with van der Waals surface area (Å²) in [5.41, 5.74) is 1.13. The number of carbonyl (C=O) groups is 2. The van der Waals surface area contributed by atoms with Crippen LogP contribution in [-0.4, -0.2) is 22.6 Å².